The van der Waals surface area contributed by atoms with Gasteiger partial charge in [-0.15, -0.1) is 0 Å². The molecule has 2 aromatic rings. The van der Waals surface area contributed by atoms with Crippen molar-refractivity contribution in [3.63, 3.8) is 0 Å². The maximum atomic E-state index is 12.3. The van der Waals surface area contributed by atoms with Crippen LogP contribution in [0.25, 0.3) is 0 Å². The van der Waals surface area contributed by atoms with Crippen LogP contribution in [0.5, 0.6) is 5.75 Å². The van der Waals surface area contributed by atoms with Crippen molar-refractivity contribution in [2.24, 2.45) is 0 Å². The molecule has 0 fully saturated rings. The van der Waals surface area contributed by atoms with Crippen LogP contribution in [0, 0.1) is 0 Å². The maximum absolute atomic E-state index is 12.3. The Morgan fingerprint density at radius 1 is 1.15 bits per heavy atom. The van der Waals surface area contributed by atoms with Crippen molar-refractivity contribution in [3.8, 4) is 5.75 Å². The fraction of sp³-hybridized carbons (Fsp3) is 0.133. The van der Waals surface area contributed by atoms with Gasteiger partial charge < -0.3 is 10.1 Å². The zero-order valence-electron chi connectivity index (χ0n) is 10.8. The van der Waals surface area contributed by atoms with Crippen molar-refractivity contribution in [2.75, 3.05) is 11.9 Å². The molecule has 0 unspecified atom stereocenters. The largest absolute Gasteiger partial charge is 0.493 e. The normalized spacial score (nSPS) is 10.2. The number of hydrogen-bond donors (Lipinski definition) is 1. The minimum absolute atomic E-state index is 0.293. The van der Waals surface area contributed by atoms with Gasteiger partial charge in [-0.25, -0.2) is 0 Å². The van der Waals surface area contributed by atoms with Gasteiger partial charge in [0.2, 0.25) is 0 Å². The summed E-state index contributed by atoms with van der Waals surface area (Å²) in [6.45, 7) is 2.33. The minimum atomic E-state index is -0.293. The van der Waals surface area contributed by atoms with Crippen LogP contribution in [-0.4, -0.2) is 12.5 Å². The van der Waals surface area contributed by atoms with E-state index in [9.17, 15) is 4.79 Å². The molecular formula is C15H13Cl2NO2. The van der Waals surface area contributed by atoms with E-state index in [2.05, 4.69) is 5.32 Å². The molecule has 0 saturated carbocycles. The highest BCUT2D eigenvalue weighted by Gasteiger charge is 2.13. The summed E-state index contributed by atoms with van der Waals surface area (Å²) in [7, 11) is 0. The van der Waals surface area contributed by atoms with Crippen LogP contribution in [0.15, 0.2) is 42.5 Å². The predicted molar refractivity (Wildman–Crippen MR) is 82.0 cm³/mol. The molecule has 5 heteroatoms. The first kappa shape index (κ1) is 14.7. The summed E-state index contributed by atoms with van der Waals surface area (Å²) in [6.07, 6.45) is 0. The average molecular weight is 310 g/mol. The highest BCUT2D eigenvalue weighted by atomic mass is 35.5. The van der Waals surface area contributed by atoms with Crippen molar-refractivity contribution in [1.82, 2.24) is 0 Å². The summed E-state index contributed by atoms with van der Waals surface area (Å²) in [5.41, 5.74) is 1.00. The van der Waals surface area contributed by atoms with Gasteiger partial charge >= 0.3 is 0 Å². The van der Waals surface area contributed by atoms with E-state index in [0.29, 0.717) is 33.7 Å². The van der Waals surface area contributed by atoms with Gasteiger partial charge in [0.05, 0.1) is 12.2 Å². The summed E-state index contributed by atoms with van der Waals surface area (Å²) in [4.78, 5) is 12.3. The molecule has 2 aromatic carbocycles. The number of nitrogens with one attached hydrogen (secondary N) is 1. The number of amides is 1. The van der Waals surface area contributed by atoms with Crippen LogP contribution in [-0.2, 0) is 0 Å². The molecule has 3 nitrogen and oxygen atoms in total. The lowest BCUT2D eigenvalue weighted by molar-refractivity contribution is 0.102. The zero-order chi connectivity index (χ0) is 14.5. The van der Waals surface area contributed by atoms with E-state index in [0.717, 1.165) is 0 Å². The van der Waals surface area contributed by atoms with Crippen LogP contribution in [0.1, 0.15) is 17.3 Å². The number of ether oxygens (including phenoxy) is 1. The number of anilines is 1. The molecule has 0 aliphatic heterocycles. The Morgan fingerprint density at radius 2 is 1.90 bits per heavy atom. The molecule has 0 radical (unpaired) electrons. The SMILES string of the molecule is CCOc1ccc(Cl)cc1C(=O)Nc1cccc(Cl)c1. The van der Waals surface area contributed by atoms with E-state index >= 15 is 0 Å². The lowest BCUT2D eigenvalue weighted by atomic mass is 10.2. The van der Waals surface area contributed by atoms with Crippen LogP contribution < -0.4 is 10.1 Å². The van der Waals surface area contributed by atoms with Gasteiger partial charge in [-0.1, -0.05) is 29.3 Å². The summed E-state index contributed by atoms with van der Waals surface area (Å²) >= 11 is 11.8. The first-order valence-electron chi connectivity index (χ1n) is 6.09. The fourth-order valence-corrected chi connectivity index (χ4v) is 2.09. The Kier molecular flexibility index (Phi) is 4.88. The molecule has 0 atom stereocenters. The Morgan fingerprint density at radius 3 is 2.60 bits per heavy atom. The number of carbonyl (C=O) groups excluding carboxylic acids is 1. The highest BCUT2D eigenvalue weighted by Crippen LogP contribution is 2.24. The molecule has 0 aliphatic rings. The molecule has 1 N–H and O–H groups in total. The predicted octanol–water partition coefficient (Wildman–Crippen LogP) is 4.64. The second-order valence-electron chi connectivity index (χ2n) is 4.04. The van der Waals surface area contributed by atoms with Gasteiger partial charge in [0.25, 0.3) is 5.91 Å². The standard InChI is InChI=1S/C15H13Cl2NO2/c1-2-20-14-7-6-11(17)9-13(14)15(19)18-12-5-3-4-10(16)8-12/h3-9H,2H2,1H3,(H,18,19). The van der Waals surface area contributed by atoms with E-state index in [-0.39, 0.29) is 5.91 Å². The van der Waals surface area contributed by atoms with E-state index in [4.69, 9.17) is 27.9 Å². The van der Waals surface area contributed by atoms with Gasteiger partial charge in [-0.05, 0) is 43.3 Å². The molecule has 0 spiro atoms. The van der Waals surface area contributed by atoms with E-state index in [1.807, 2.05) is 6.92 Å². The zero-order valence-corrected chi connectivity index (χ0v) is 12.3. The molecule has 1 amide bonds. The van der Waals surface area contributed by atoms with Gasteiger partial charge in [0, 0.05) is 15.7 Å². The van der Waals surface area contributed by atoms with Crippen LogP contribution in [0.2, 0.25) is 10.0 Å². The van der Waals surface area contributed by atoms with Crippen LogP contribution in [0.3, 0.4) is 0 Å². The fourth-order valence-electron chi connectivity index (χ4n) is 1.73. The van der Waals surface area contributed by atoms with Gasteiger partial charge in [-0.2, -0.15) is 0 Å². The number of benzene rings is 2. The van der Waals surface area contributed by atoms with Crippen molar-refractivity contribution in [3.05, 3.63) is 58.1 Å². The summed E-state index contributed by atoms with van der Waals surface area (Å²) in [5.74, 6) is 0.203. The van der Waals surface area contributed by atoms with E-state index in [1.54, 1.807) is 42.5 Å². The lowest BCUT2D eigenvalue weighted by Crippen LogP contribution is -2.13. The molecule has 20 heavy (non-hydrogen) atoms. The second kappa shape index (κ2) is 6.64. The molecular weight excluding hydrogens is 297 g/mol. The number of rotatable bonds is 4. The van der Waals surface area contributed by atoms with Crippen molar-refractivity contribution in [1.29, 1.82) is 0 Å². The molecule has 104 valence electrons. The van der Waals surface area contributed by atoms with E-state index < -0.39 is 0 Å². The van der Waals surface area contributed by atoms with Gasteiger partial charge in [0.1, 0.15) is 5.75 Å². The maximum Gasteiger partial charge on any atom is 0.259 e. The minimum Gasteiger partial charge on any atom is -0.493 e. The first-order valence-corrected chi connectivity index (χ1v) is 6.85. The third-order valence-electron chi connectivity index (χ3n) is 2.57. The first-order chi connectivity index (χ1) is 9.60. The van der Waals surface area contributed by atoms with Gasteiger partial charge in [-0.3, -0.25) is 4.79 Å². The molecule has 0 aliphatic carbocycles. The third-order valence-corrected chi connectivity index (χ3v) is 3.04. The molecule has 0 aromatic heterocycles. The average Bonchev–Trinajstić information content (AvgIpc) is 2.41. The summed E-state index contributed by atoms with van der Waals surface area (Å²) in [5, 5.41) is 3.79. The van der Waals surface area contributed by atoms with Crippen molar-refractivity contribution in [2.45, 2.75) is 6.92 Å². The van der Waals surface area contributed by atoms with Crippen LogP contribution >= 0.6 is 23.2 Å². The second-order valence-corrected chi connectivity index (χ2v) is 4.91. The third kappa shape index (κ3) is 3.65. The number of hydrogen-bond acceptors (Lipinski definition) is 2. The number of halogens is 2. The molecule has 0 bridgehead atoms. The monoisotopic (exact) mass is 309 g/mol. The smallest absolute Gasteiger partial charge is 0.259 e. The van der Waals surface area contributed by atoms with Crippen molar-refractivity contribution >= 4 is 34.8 Å². The van der Waals surface area contributed by atoms with Gasteiger partial charge in [0.15, 0.2) is 0 Å². The molecule has 0 heterocycles. The van der Waals surface area contributed by atoms with Crippen LogP contribution in [0.4, 0.5) is 5.69 Å². The Hall–Kier alpha value is -1.71. The molecule has 0 saturated heterocycles. The number of carbonyl (C=O) groups is 1. The Bertz CT molecular complexity index is 629. The Balaban J connectivity index is 2.26. The Labute approximate surface area is 127 Å². The topological polar surface area (TPSA) is 38.3 Å². The van der Waals surface area contributed by atoms with Crippen molar-refractivity contribution < 1.29 is 9.53 Å². The summed E-state index contributed by atoms with van der Waals surface area (Å²) in [6, 6.07) is 11.9. The van der Waals surface area contributed by atoms with E-state index in [1.165, 1.54) is 0 Å². The summed E-state index contributed by atoms with van der Waals surface area (Å²) < 4.78 is 5.43. The molecule has 2 rings (SSSR count). The lowest BCUT2D eigenvalue weighted by Gasteiger charge is -2.11. The highest BCUT2D eigenvalue weighted by molar-refractivity contribution is 6.31. The quantitative estimate of drug-likeness (QED) is 0.893.